The van der Waals surface area contributed by atoms with Gasteiger partial charge in [0.2, 0.25) is 0 Å². The zero-order valence-corrected chi connectivity index (χ0v) is 9.65. The molecule has 0 aliphatic rings. The molecule has 0 atom stereocenters. The van der Waals surface area contributed by atoms with Crippen LogP contribution in [0.2, 0.25) is 0 Å². The number of nitrogens with zero attached hydrogens (tertiary/aromatic N) is 3. The molecule has 18 heavy (non-hydrogen) atoms. The molecule has 0 radical (unpaired) electrons. The molecule has 5 nitrogen and oxygen atoms in total. The van der Waals surface area contributed by atoms with E-state index in [-0.39, 0.29) is 5.82 Å². The first-order valence-electron chi connectivity index (χ1n) is 5.04. The largest absolute Gasteiger partial charge is 0.469 e. The number of alkyl halides is 3. The Bertz CT molecular complexity index is 621. The molecule has 0 spiro atoms. The fourth-order valence-corrected chi connectivity index (χ4v) is 1.57. The predicted molar refractivity (Wildman–Crippen MR) is 56.0 cm³/mol. The third-order valence-electron chi connectivity index (χ3n) is 2.36. The van der Waals surface area contributed by atoms with Gasteiger partial charge in [-0.1, -0.05) is 0 Å². The fraction of sp³-hybridized carbons (Fsp3) is 0.400. The average Bonchev–Trinajstić information content (AvgIpc) is 2.76. The first kappa shape index (κ1) is 12.5. The van der Waals surface area contributed by atoms with Crippen LogP contribution in [-0.4, -0.2) is 20.5 Å². The molecule has 0 aromatic carbocycles. The Morgan fingerprint density at radius 2 is 2.11 bits per heavy atom. The molecule has 0 bridgehead atoms. The molecular weight excluding hydrogens is 251 g/mol. The van der Waals surface area contributed by atoms with Crippen molar-refractivity contribution in [3.63, 3.8) is 0 Å². The quantitative estimate of drug-likeness (QED) is 0.827. The highest BCUT2D eigenvalue weighted by atomic mass is 19.4. The van der Waals surface area contributed by atoms with Gasteiger partial charge in [0.1, 0.15) is 18.6 Å². The first-order chi connectivity index (χ1) is 8.28. The Labute approximate surface area is 99.4 Å². The number of furan rings is 1. The second-order valence-electron chi connectivity index (χ2n) is 3.88. The van der Waals surface area contributed by atoms with Gasteiger partial charge in [-0.05, 0) is 13.0 Å². The highest BCUT2D eigenvalue weighted by Gasteiger charge is 2.30. The molecule has 98 valence electrons. The van der Waals surface area contributed by atoms with Crippen LogP contribution in [0.25, 0.3) is 11.4 Å². The van der Waals surface area contributed by atoms with E-state index < -0.39 is 18.4 Å². The van der Waals surface area contributed by atoms with Crippen molar-refractivity contribution in [2.24, 2.45) is 7.05 Å². The summed E-state index contributed by atoms with van der Waals surface area (Å²) in [7, 11) is 1.36. The Balaban J connectivity index is 2.46. The summed E-state index contributed by atoms with van der Waals surface area (Å²) in [4.78, 5) is 11.6. The minimum atomic E-state index is -4.48. The summed E-state index contributed by atoms with van der Waals surface area (Å²) in [6, 6.07) is 1.60. The molecule has 2 rings (SSSR count). The van der Waals surface area contributed by atoms with Crippen LogP contribution in [-0.2, 0) is 13.6 Å². The van der Waals surface area contributed by atoms with E-state index in [2.05, 4.69) is 5.10 Å². The Kier molecular flexibility index (Phi) is 2.80. The molecule has 2 heterocycles. The van der Waals surface area contributed by atoms with E-state index in [4.69, 9.17) is 4.42 Å². The summed E-state index contributed by atoms with van der Waals surface area (Å²) in [5.74, 6) is 0.726. The maximum absolute atomic E-state index is 12.2. The molecule has 0 unspecified atom stereocenters. The van der Waals surface area contributed by atoms with Gasteiger partial charge in [0.15, 0.2) is 5.82 Å². The Hall–Kier alpha value is -1.99. The van der Waals surface area contributed by atoms with Crippen LogP contribution in [0.5, 0.6) is 0 Å². The summed E-state index contributed by atoms with van der Waals surface area (Å²) in [5.41, 5.74) is -0.353. The highest BCUT2D eigenvalue weighted by Crippen LogP contribution is 2.20. The van der Waals surface area contributed by atoms with Crippen molar-refractivity contribution in [3.05, 3.63) is 28.6 Å². The lowest BCUT2D eigenvalue weighted by molar-refractivity contribution is -0.143. The van der Waals surface area contributed by atoms with Crippen molar-refractivity contribution in [3.8, 4) is 11.4 Å². The van der Waals surface area contributed by atoms with E-state index in [0.29, 0.717) is 16.0 Å². The van der Waals surface area contributed by atoms with E-state index in [9.17, 15) is 18.0 Å². The molecule has 0 fully saturated rings. The van der Waals surface area contributed by atoms with Gasteiger partial charge in [-0.15, -0.1) is 5.10 Å². The molecule has 0 amide bonds. The van der Waals surface area contributed by atoms with Crippen molar-refractivity contribution in [1.29, 1.82) is 0 Å². The summed E-state index contributed by atoms with van der Waals surface area (Å²) < 4.78 is 43.2. The van der Waals surface area contributed by atoms with Crippen molar-refractivity contribution in [1.82, 2.24) is 14.3 Å². The van der Waals surface area contributed by atoms with Crippen molar-refractivity contribution in [2.75, 3.05) is 0 Å². The number of hydrogen-bond acceptors (Lipinski definition) is 3. The third kappa shape index (κ3) is 2.31. The van der Waals surface area contributed by atoms with Gasteiger partial charge >= 0.3 is 11.9 Å². The molecule has 0 N–H and O–H groups in total. The van der Waals surface area contributed by atoms with Crippen LogP contribution >= 0.6 is 0 Å². The van der Waals surface area contributed by atoms with E-state index in [0.717, 1.165) is 4.57 Å². The number of hydrogen-bond donors (Lipinski definition) is 0. The van der Waals surface area contributed by atoms with Crippen LogP contribution in [0.4, 0.5) is 13.2 Å². The van der Waals surface area contributed by atoms with E-state index in [1.165, 1.54) is 13.3 Å². The Morgan fingerprint density at radius 1 is 1.44 bits per heavy atom. The predicted octanol–water partition coefficient (Wildman–Crippen LogP) is 1.71. The van der Waals surface area contributed by atoms with Crippen molar-refractivity contribution >= 4 is 0 Å². The van der Waals surface area contributed by atoms with Gasteiger partial charge < -0.3 is 4.42 Å². The van der Waals surface area contributed by atoms with Crippen molar-refractivity contribution in [2.45, 2.75) is 19.6 Å². The second-order valence-corrected chi connectivity index (χ2v) is 3.88. The summed E-state index contributed by atoms with van der Waals surface area (Å²) in [6.45, 7) is 0.283. The van der Waals surface area contributed by atoms with Gasteiger partial charge in [0.05, 0.1) is 5.56 Å². The third-order valence-corrected chi connectivity index (χ3v) is 2.36. The minimum absolute atomic E-state index is 0.140. The second kappa shape index (κ2) is 4.04. The molecule has 0 saturated heterocycles. The Morgan fingerprint density at radius 3 is 2.61 bits per heavy atom. The zero-order chi connectivity index (χ0) is 13.5. The molecule has 2 aromatic rings. The van der Waals surface area contributed by atoms with Crippen LogP contribution in [0.1, 0.15) is 5.76 Å². The maximum Gasteiger partial charge on any atom is 0.408 e. The van der Waals surface area contributed by atoms with Gasteiger partial charge in [0.25, 0.3) is 0 Å². The molecule has 0 aliphatic heterocycles. The molecule has 2 aromatic heterocycles. The lowest BCUT2D eigenvalue weighted by Crippen LogP contribution is -2.29. The van der Waals surface area contributed by atoms with Crippen LogP contribution < -0.4 is 5.69 Å². The highest BCUT2D eigenvalue weighted by molar-refractivity contribution is 5.53. The van der Waals surface area contributed by atoms with Crippen LogP contribution in [0.15, 0.2) is 21.5 Å². The minimum Gasteiger partial charge on any atom is -0.469 e. The van der Waals surface area contributed by atoms with Gasteiger partial charge in [-0.3, -0.25) is 4.57 Å². The van der Waals surface area contributed by atoms with Crippen LogP contribution in [0.3, 0.4) is 0 Å². The zero-order valence-electron chi connectivity index (χ0n) is 9.65. The standard InChI is InChI=1S/C10H10F3N3O2/c1-6-3-7(4-18-6)8-14-16(5-10(11,12)13)9(17)15(8)2/h3-4H,5H2,1-2H3. The molecule has 8 heteroatoms. The number of aromatic nitrogens is 3. The number of aryl methyl sites for hydroxylation is 1. The first-order valence-corrected chi connectivity index (χ1v) is 5.04. The summed E-state index contributed by atoms with van der Waals surface area (Å²) in [6.07, 6.45) is -3.14. The summed E-state index contributed by atoms with van der Waals surface area (Å²) in [5, 5.41) is 3.67. The normalized spacial score (nSPS) is 12.1. The molecular formula is C10H10F3N3O2. The van der Waals surface area contributed by atoms with Crippen LogP contribution in [0, 0.1) is 6.92 Å². The van der Waals surface area contributed by atoms with Gasteiger partial charge in [0, 0.05) is 7.05 Å². The lowest BCUT2D eigenvalue weighted by atomic mass is 10.3. The fourth-order valence-electron chi connectivity index (χ4n) is 1.57. The van der Waals surface area contributed by atoms with Crippen molar-refractivity contribution < 1.29 is 17.6 Å². The smallest absolute Gasteiger partial charge is 0.408 e. The van der Waals surface area contributed by atoms with Gasteiger partial charge in [-0.25, -0.2) is 9.48 Å². The van der Waals surface area contributed by atoms with Gasteiger partial charge in [-0.2, -0.15) is 13.2 Å². The maximum atomic E-state index is 12.2. The van der Waals surface area contributed by atoms with E-state index >= 15 is 0 Å². The van der Waals surface area contributed by atoms with E-state index in [1.807, 2.05) is 0 Å². The molecule has 0 aliphatic carbocycles. The topological polar surface area (TPSA) is 53.0 Å². The monoisotopic (exact) mass is 261 g/mol. The number of halogens is 3. The molecule has 0 saturated carbocycles. The SMILES string of the molecule is Cc1cc(-c2nn(CC(F)(F)F)c(=O)n2C)co1. The van der Waals surface area contributed by atoms with E-state index in [1.54, 1.807) is 13.0 Å². The number of rotatable bonds is 2. The lowest BCUT2D eigenvalue weighted by Gasteiger charge is -2.03. The average molecular weight is 261 g/mol. The summed E-state index contributed by atoms with van der Waals surface area (Å²) >= 11 is 0.